The second-order valence-electron chi connectivity index (χ2n) is 8.70. The lowest BCUT2D eigenvalue weighted by molar-refractivity contribution is -0.140. The first-order chi connectivity index (χ1) is 19.0. The van der Waals surface area contributed by atoms with Gasteiger partial charge in [-0.15, -0.1) is 0 Å². The zero-order valence-electron chi connectivity index (χ0n) is 22.2. The molecule has 0 spiro atoms. The van der Waals surface area contributed by atoms with Crippen LogP contribution in [0.25, 0.3) is 0 Å². The third-order valence-electron chi connectivity index (χ3n) is 6.17. The molecule has 214 valence electrons. The van der Waals surface area contributed by atoms with E-state index in [2.05, 4.69) is 5.32 Å². The molecule has 1 atom stereocenters. The average Bonchev–Trinajstić information content (AvgIpc) is 2.93. The fourth-order valence-electron chi connectivity index (χ4n) is 4.08. The normalized spacial score (nSPS) is 11.9. The van der Waals surface area contributed by atoms with Crippen LogP contribution in [0.1, 0.15) is 25.8 Å². The molecule has 0 aliphatic carbocycles. The van der Waals surface area contributed by atoms with Crippen molar-refractivity contribution in [1.82, 2.24) is 10.2 Å². The van der Waals surface area contributed by atoms with Gasteiger partial charge in [0.2, 0.25) is 11.8 Å². The van der Waals surface area contributed by atoms with E-state index >= 15 is 0 Å². The highest BCUT2D eigenvalue weighted by Crippen LogP contribution is 2.29. The SMILES string of the molecule is CCNC(=O)[C@H](CC)N(Cc1c(Cl)cccc1Cl)C(=O)CN(c1ccc(F)cc1)S(=O)(=O)c1ccc(OC)cc1. The molecule has 40 heavy (non-hydrogen) atoms. The van der Waals surface area contributed by atoms with Crippen molar-refractivity contribution in [2.75, 3.05) is 24.5 Å². The summed E-state index contributed by atoms with van der Waals surface area (Å²) >= 11 is 12.8. The third kappa shape index (κ3) is 7.24. The number of benzene rings is 3. The van der Waals surface area contributed by atoms with Crippen molar-refractivity contribution in [3.63, 3.8) is 0 Å². The fourth-order valence-corrected chi connectivity index (χ4v) is 6.01. The number of ether oxygens (including phenoxy) is 1. The van der Waals surface area contributed by atoms with E-state index in [1.165, 1.54) is 48.4 Å². The minimum absolute atomic E-state index is 0.0624. The molecule has 3 aromatic rings. The first-order valence-electron chi connectivity index (χ1n) is 12.5. The standard InChI is InChI=1S/C28H30Cl2FN3O5S/c1-4-26(28(36)32-5-2)33(17-23-24(29)7-6-8-25(23)30)27(35)18-34(20-11-9-19(31)10-12-20)40(37,38)22-15-13-21(39-3)14-16-22/h6-16,26H,4-5,17-18H2,1-3H3,(H,32,36)/t26-/m0/s1. The molecule has 0 unspecified atom stereocenters. The van der Waals surface area contributed by atoms with E-state index in [0.717, 1.165) is 16.4 Å². The monoisotopic (exact) mass is 609 g/mol. The van der Waals surface area contributed by atoms with Gasteiger partial charge in [0.25, 0.3) is 10.0 Å². The van der Waals surface area contributed by atoms with E-state index in [0.29, 0.717) is 17.9 Å². The molecular weight excluding hydrogens is 580 g/mol. The summed E-state index contributed by atoms with van der Waals surface area (Å²) in [7, 11) is -2.87. The number of rotatable bonds is 12. The molecular formula is C28H30Cl2FN3O5S. The van der Waals surface area contributed by atoms with Gasteiger partial charge in [-0.2, -0.15) is 0 Å². The largest absolute Gasteiger partial charge is 0.497 e. The summed E-state index contributed by atoms with van der Waals surface area (Å²) in [6, 6.07) is 14.3. The second kappa shape index (κ2) is 13.8. The molecule has 2 amide bonds. The Morgan fingerprint density at radius 1 is 0.975 bits per heavy atom. The number of carbonyl (C=O) groups excluding carboxylic acids is 2. The lowest BCUT2D eigenvalue weighted by Gasteiger charge is -2.33. The summed E-state index contributed by atoms with van der Waals surface area (Å²) in [5.74, 6) is -1.23. The number of hydrogen-bond acceptors (Lipinski definition) is 5. The maximum atomic E-state index is 14.0. The number of carbonyl (C=O) groups is 2. The molecule has 3 aromatic carbocycles. The van der Waals surface area contributed by atoms with Crippen LogP contribution in [0.2, 0.25) is 10.0 Å². The van der Waals surface area contributed by atoms with E-state index < -0.39 is 40.2 Å². The summed E-state index contributed by atoms with van der Waals surface area (Å²) < 4.78 is 47.4. The second-order valence-corrected chi connectivity index (χ2v) is 11.4. The Bertz CT molecular complexity index is 1420. The molecule has 0 fully saturated rings. The number of anilines is 1. The van der Waals surface area contributed by atoms with E-state index in [1.807, 2.05) is 0 Å². The number of sulfonamides is 1. The predicted octanol–water partition coefficient (Wildman–Crippen LogP) is 5.28. The zero-order chi connectivity index (χ0) is 29.4. The van der Waals surface area contributed by atoms with Crippen LogP contribution in [0.3, 0.4) is 0 Å². The summed E-state index contributed by atoms with van der Waals surface area (Å²) in [5, 5.41) is 3.30. The van der Waals surface area contributed by atoms with Crippen LogP contribution in [0.15, 0.2) is 71.6 Å². The van der Waals surface area contributed by atoms with Crippen molar-refractivity contribution >= 4 is 50.7 Å². The molecule has 1 N–H and O–H groups in total. The van der Waals surface area contributed by atoms with Crippen LogP contribution in [0, 0.1) is 5.82 Å². The smallest absolute Gasteiger partial charge is 0.264 e. The van der Waals surface area contributed by atoms with Crippen LogP contribution in [-0.2, 0) is 26.2 Å². The van der Waals surface area contributed by atoms with Crippen LogP contribution in [-0.4, -0.2) is 51.4 Å². The van der Waals surface area contributed by atoms with Gasteiger partial charge in [-0.1, -0.05) is 36.2 Å². The lowest BCUT2D eigenvalue weighted by Crippen LogP contribution is -2.52. The first-order valence-corrected chi connectivity index (χ1v) is 14.7. The van der Waals surface area contributed by atoms with Gasteiger partial charge in [0.15, 0.2) is 0 Å². The Kier molecular flexibility index (Phi) is 10.8. The van der Waals surface area contributed by atoms with Crippen molar-refractivity contribution in [2.24, 2.45) is 0 Å². The number of nitrogens with one attached hydrogen (secondary N) is 1. The predicted molar refractivity (Wildman–Crippen MR) is 154 cm³/mol. The molecule has 0 heterocycles. The molecule has 8 nitrogen and oxygen atoms in total. The Morgan fingerprint density at radius 3 is 2.10 bits per heavy atom. The molecule has 0 aliphatic rings. The first kappa shape index (κ1) is 31.2. The van der Waals surface area contributed by atoms with Crippen LogP contribution in [0.5, 0.6) is 5.75 Å². The topological polar surface area (TPSA) is 96.0 Å². The van der Waals surface area contributed by atoms with Gasteiger partial charge in [-0.25, -0.2) is 12.8 Å². The van der Waals surface area contributed by atoms with Gasteiger partial charge in [0, 0.05) is 28.7 Å². The molecule has 0 aromatic heterocycles. The Morgan fingerprint density at radius 2 is 1.57 bits per heavy atom. The van der Waals surface area contributed by atoms with Gasteiger partial charge in [0.05, 0.1) is 17.7 Å². The number of likely N-dealkylation sites (N-methyl/N-ethyl adjacent to an activating group) is 1. The highest BCUT2D eigenvalue weighted by Gasteiger charge is 2.34. The van der Waals surface area contributed by atoms with Crippen LogP contribution >= 0.6 is 23.2 Å². The average molecular weight is 611 g/mol. The van der Waals surface area contributed by atoms with Gasteiger partial charge in [-0.3, -0.25) is 13.9 Å². The number of methoxy groups -OCH3 is 1. The molecule has 0 bridgehead atoms. The van der Waals surface area contributed by atoms with E-state index in [9.17, 15) is 22.4 Å². The summed E-state index contributed by atoms with van der Waals surface area (Å²) in [6.45, 7) is 2.99. The number of nitrogens with zero attached hydrogens (tertiary/aromatic N) is 2. The minimum Gasteiger partial charge on any atom is -0.497 e. The highest BCUT2D eigenvalue weighted by atomic mass is 35.5. The maximum absolute atomic E-state index is 14.0. The van der Waals surface area contributed by atoms with E-state index in [-0.39, 0.29) is 33.6 Å². The van der Waals surface area contributed by atoms with E-state index in [4.69, 9.17) is 27.9 Å². The molecule has 12 heteroatoms. The molecule has 0 saturated heterocycles. The molecule has 3 rings (SSSR count). The van der Waals surface area contributed by atoms with Crippen molar-refractivity contribution in [1.29, 1.82) is 0 Å². The Hall–Kier alpha value is -3.34. The van der Waals surface area contributed by atoms with Crippen molar-refractivity contribution in [3.8, 4) is 5.75 Å². The van der Waals surface area contributed by atoms with Crippen molar-refractivity contribution in [2.45, 2.75) is 37.8 Å². The van der Waals surface area contributed by atoms with Gasteiger partial charge in [-0.05, 0) is 74.0 Å². The van der Waals surface area contributed by atoms with Crippen molar-refractivity contribution < 1.29 is 27.1 Å². The van der Waals surface area contributed by atoms with Gasteiger partial charge >= 0.3 is 0 Å². The third-order valence-corrected chi connectivity index (χ3v) is 8.66. The van der Waals surface area contributed by atoms with Crippen LogP contribution < -0.4 is 14.4 Å². The number of amides is 2. The molecule has 0 aliphatic heterocycles. The van der Waals surface area contributed by atoms with Gasteiger partial charge in [0.1, 0.15) is 24.2 Å². The minimum atomic E-state index is -4.32. The maximum Gasteiger partial charge on any atom is 0.264 e. The molecule has 0 saturated carbocycles. The fraction of sp³-hybridized carbons (Fsp3) is 0.286. The molecule has 0 radical (unpaired) electrons. The summed E-state index contributed by atoms with van der Waals surface area (Å²) in [4.78, 5) is 28.1. The Balaban J connectivity index is 2.09. The number of halogens is 3. The van der Waals surface area contributed by atoms with E-state index in [1.54, 1.807) is 32.0 Å². The summed E-state index contributed by atoms with van der Waals surface area (Å²) in [6.07, 6.45) is 0.238. The Labute approximate surface area is 243 Å². The zero-order valence-corrected chi connectivity index (χ0v) is 24.6. The van der Waals surface area contributed by atoms with Crippen molar-refractivity contribution in [3.05, 3.63) is 88.2 Å². The van der Waals surface area contributed by atoms with Gasteiger partial charge < -0.3 is 15.0 Å². The van der Waals surface area contributed by atoms with Crippen LogP contribution in [0.4, 0.5) is 10.1 Å². The summed E-state index contributed by atoms with van der Waals surface area (Å²) in [5.41, 5.74) is 0.473. The quantitative estimate of drug-likeness (QED) is 0.301. The number of hydrogen-bond donors (Lipinski definition) is 1. The highest BCUT2D eigenvalue weighted by molar-refractivity contribution is 7.92. The lowest BCUT2D eigenvalue weighted by atomic mass is 10.1.